The summed E-state index contributed by atoms with van der Waals surface area (Å²) in [6.07, 6.45) is 1.04. The number of phenols is 1. The fourth-order valence-electron chi connectivity index (χ4n) is 3.02. The number of nitrogens with zero attached hydrogens (tertiary/aromatic N) is 3. The molecular weight excluding hydrogens is 452 g/mol. The van der Waals surface area contributed by atoms with E-state index in [1.54, 1.807) is 48.9 Å². The molecule has 3 rings (SSSR count). The third-order valence-corrected chi connectivity index (χ3v) is 6.53. The highest BCUT2D eigenvalue weighted by Gasteiger charge is 2.25. The predicted molar refractivity (Wildman–Crippen MR) is 122 cm³/mol. The lowest BCUT2D eigenvalue weighted by molar-refractivity contribution is -0.130. The molecular formula is C21H26N4O5S2. The number of anilines is 1. The van der Waals surface area contributed by atoms with Gasteiger partial charge in [-0.25, -0.2) is 9.78 Å². The standard InChI is InChI=1S/C21H26N4O5S2/c1-13(26)24-7-9-25(10-8-24)18(28)15-11-14(5-6-16(15)27)31-17-12-22-19(32-17)23-20(29)30-21(2,3)4/h5-6,11-12,27H,7-10H2,1-4H3,(H,22,23,29). The number of phenolic OH excluding ortho intramolecular Hbond substituents is 1. The van der Waals surface area contributed by atoms with Gasteiger partial charge in [0.1, 0.15) is 11.4 Å². The Morgan fingerprint density at radius 1 is 1.16 bits per heavy atom. The van der Waals surface area contributed by atoms with E-state index in [9.17, 15) is 19.5 Å². The highest BCUT2D eigenvalue weighted by atomic mass is 32.2. The van der Waals surface area contributed by atoms with Crippen molar-refractivity contribution >= 4 is 46.1 Å². The SMILES string of the molecule is CC(=O)N1CCN(C(=O)c2cc(Sc3cnc(NC(=O)OC(C)(C)C)s3)ccc2O)CC1. The van der Waals surface area contributed by atoms with Crippen LogP contribution in [0.5, 0.6) is 5.75 Å². The largest absolute Gasteiger partial charge is 0.507 e. The van der Waals surface area contributed by atoms with Crippen molar-refractivity contribution < 1.29 is 24.2 Å². The highest BCUT2D eigenvalue weighted by molar-refractivity contribution is 8.01. The molecule has 1 aromatic carbocycles. The summed E-state index contributed by atoms with van der Waals surface area (Å²) in [7, 11) is 0. The van der Waals surface area contributed by atoms with Crippen LogP contribution in [0.3, 0.4) is 0 Å². The van der Waals surface area contributed by atoms with Crippen LogP contribution in [0.4, 0.5) is 9.93 Å². The van der Waals surface area contributed by atoms with Crippen LogP contribution in [-0.2, 0) is 9.53 Å². The zero-order valence-electron chi connectivity index (χ0n) is 18.4. The number of rotatable bonds is 4. The molecule has 1 aromatic heterocycles. The molecule has 32 heavy (non-hydrogen) atoms. The minimum Gasteiger partial charge on any atom is -0.507 e. The van der Waals surface area contributed by atoms with E-state index >= 15 is 0 Å². The van der Waals surface area contributed by atoms with Crippen LogP contribution < -0.4 is 5.32 Å². The number of carbonyl (C=O) groups excluding carboxylic acids is 3. The molecule has 11 heteroatoms. The molecule has 0 saturated carbocycles. The fraction of sp³-hybridized carbons (Fsp3) is 0.429. The fourth-order valence-corrected chi connectivity index (χ4v) is 4.89. The van der Waals surface area contributed by atoms with Gasteiger partial charge < -0.3 is 19.6 Å². The number of thiazole rings is 1. The predicted octanol–water partition coefficient (Wildman–Crippen LogP) is 3.65. The molecule has 2 heterocycles. The van der Waals surface area contributed by atoms with E-state index in [0.29, 0.717) is 31.3 Å². The van der Waals surface area contributed by atoms with Crippen molar-refractivity contribution in [3.8, 4) is 5.75 Å². The van der Waals surface area contributed by atoms with Crippen LogP contribution in [0.15, 0.2) is 33.5 Å². The van der Waals surface area contributed by atoms with E-state index in [-0.39, 0.29) is 23.1 Å². The summed E-state index contributed by atoms with van der Waals surface area (Å²) < 4.78 is 6.02. The van der Waals surface area contributed by atoms with Gasteiger partial charge in [0.25, 0.3) is 5.91 Å². The Balaban J connectivity index is 1.65. The second-order valence-electron chi connectivity index (χ2n) is 8.19. The van der Waals surface area contributed by atoms with E-state index in [2.05, 4.69) is 10.3 Å². The lowest BCUT2D eigenvalue weighted by atomic mass is 10.1. The maximum atomic E-state index is 12.9. The van der Waals surface area contributed by atoms with E-state index in [4.69, 9.17) is 4.74 Å². The maximum Gasteiger partial charge on any atom is 0.413 e. The second kappa shape index (κ2) is 9.78. The number of aromatic hydroxyl groups is 1. The van der Waals surface area contributed by atoms with Gasteiger partial charge in [0.05, 0.1) is 16.0 Å². The normalized spacial score (nSPS) is 14.2. The molecule has 0 aliphatic carbocycles. The molecule has 1 saturated heterocycles. The van der Waals surface area contributed by atoms with Crippen molar-refractivity contribution in [2.75, 3.05) is 31.5 Å². The second-order valence-corrected chi connectivity index (χ2v) is 10.6. The first kappa shape index (κ1) is 23.9. The molecule has 1 fully saturated rings. The smallest absolute Gasteiger partial charge is 0.413 e. The lowest BCUT2D eigenvalue weighted by Crippen LogP contribution is -2.50. The molecule has 0 bridgehead atoms. The Kier molecular flexibility index (Phi) is 7.29. The van der Waals surface area contributed by atoms with E-state index in [1.807, 2.05) is 0 Å². The van der Waals surface area contributed by atoms with E-state index in [0.717, 1.165) is 9.10 Å². The van der Waals surface area contributed by atoms with Crippen molar-refractivity contribution in [3.63, 3.8) is 0 Å². The summed E-state index contributed by atoms with van der Waals surface area (Å²) in [5.41, 5.74) is -0.394. The maximum absolute atomic E-state index is 12.9. The Bertz CT molecular complexity index is 1010. The average Bonchev–Trinajstić information content (AvgIpc) is 3.14. The number of ether oxygens (including phenoxy) is 1. The summed E-state index contributed by atoms with van der Waals surface area (Å²) in [5, 5.41) is 13.3. The molecule has 2 aromatic rings. The molecule has 1 aliphatic heterocycles. The van der Waals surface area contributed by atoms with Gasteiger partial charge in [-0.2, -0.15) is 0 Å². The minimum absolute atomic E-state index is 0.0107. The van der Waals surface area contributed by atoms with Crippen LogP contribution in [0.25, 0.3) is 0 Å². The van der Waals surface area contributed by atoms with Gasteiger partial charge in [-0.1, -0.05) is 23.1 Å². The Morgan fingerprint density at radius 2 is 1.81 bits per heavy atom. The number of benzene rings is 1. The number of hydrogen-bond acceptors (Lipinski definition) is 8. The van der Waals surface area contributed by atoms with Crippen LogP contribution in [-0.4, -0.2) is 69.6 Å². The van der Waals surface area contributed by atoms with Crippen LogP contribution >= 0.6 is 23.1 Å². The summed E-state index contributed by atoms with van der Waals surface area (Å²) in [6, 6.07) is 4.84. The minimum atomic E-state index is -0.605. The molecule has 172 valence electrons. The average molecular weight is 479 g/mol. The molecule has 0 unspecified atom stereocenters. The summed E-state index contributed by atoms with van der Waals surface area (Å²) in [6.45, 7) is 8.65. The first-order valence-corrected chi connectivity index (χ1v) is 11.7. The number of aromatic nitrogens is 1. The van der Waals surface area contributed by atoms with E-state index in [1.165, 1.54) is 36.1 Å². The monoisotopic (exact) mass is 478 g/mol. The zero-order valence-corrected chi connectivity index (χ0v) is 20.0. The van der Waals surface area contributed by atoms with Crippen molar-refractivity contribution in [3.05, 3.63) is 30.0 Å². The Hall–Kier alpha value is -2.79. The number of hydrogen-bond donors (Lipinski definition) is 2. The van der Waals surface area contributed by atoms with Gasteiger partial charge in [0.15, 0.2) is 5.13 Å². The molecule has 3 amide bonds. The number of amides is 3. The van der Waals surface area contributed by atoms with Crippen LogP contribution in [0, 0.1) is 0 Å². The highest BCUT2D eigenvalue weighted by Crippen LogP contribution is 2.36. The first-order valence-electron chi connectivity index (χ1n) is 10.0. The quantitative estimate of drug-likeness (QED) is 0.690. The number of nitrogens with one attached hydrogen (secondary N) is 1. The number of piperazine rings is 1. The third-order valence-electron chi connectivity index (χ3n) is 4.52. The van der Waals surface area contributed by atoms with Crippen LogP contribution in [0.2, 0.25) is 0 Å². The molecule has 0 spiro atoms. The van der Waals surface area contributed by atoms with Crippen molar-refractivity contribution in [2.45, 2.75) is 42.4 Å². The van der Waals surface area contributed by atoms with Crippen molar-refractivity contribution in [2.24, 2.45) is 0 Å². The van der Waals surface area contributed by atoms with Crippen LogP contribution in [0.1, 0.15) is 38.1 Å². The first-order chi connectivity index (χ1) is 15.0. The molecule has 0 radical (unpaired) electrons. The summed E-state index contributed by atoms with van der Waals surface area (Å²) in [5.74, 6) is -0.377. The van der Waals surface area contributed by atoms with Gasteiger partial charge in [0, 0.05) is 38.0 Å². The molecule has 9 nitrogen and oxygen atoms in total. The van der Waals surface area contributed by atoms with Gasteiger partial charge in [-0.05, 0) is 39.0 Å². The lowest BCUT2D eigenvalue weighted by Gasteiger charge is -2.34. The summed E-state index contributed by atoms with van der Waals surface area (Å²) in [4.78, 5) is 44.6. The van der Waals surface area contributed by atoms with Crippen molar-refractivity contribution in [1.82, 2.24) is 14.8 Å². The summed E-state index contributed by atoms with van der Waals surface area (Å²) >= 11 is 2.65. The van der Waals surface area contributed by atoms with Gasteiger partial charge in [-0.15, -0.1) is 0 Å². The Morgan fingerprint density at radius 3 is 2.44 bits per heavy atom. The van der Waals surface area contributed by atoms with Gasteiger partial charge >= 0.3 is 6.09 Å². The van der Waals surface area contributed by atoms with Crippen molar-refractivity contribution in [1.29, 1.82) is 0 Å². The number of carbonyl (C=O) groups is 3. The third kappa shape index (κ3) is 6.36. The van der Waals surface area contributed by atoms with E-state index < -0.39 is 11.7 Å². The Labute approximate surface area is 194 Å². The molecule has 1 aliphatic rings. The molecule has 2 N–H and O–H groups in total. The zero-order chi connectivity index (χ0) is 23.5. The molecule has 0 atom stereocenters. The van der Waals surface area contributed by atoms with Gasteiger partial charge in [-0.3, -0.25) is 14.9 Å². The topological polar surface area (TPSA) is 112 Å². The van der Waals surface area contributed by atoms with Gasteiger partial charge in [0.2, 0.25) is 5.91 Å².